The van der Waals surface area contributed by atoms with E-state index in [-0.39, 0.29) is 17.6 Å². The zero-order valence-electron chi connectivity index (χ0n) is 16.3. The zero-order chi connectivity index (χ0) is 20.1. The van der Waals surface area contributed by atoms with Gasteiger partial charge in [-0.15, -0.1) is 18.2 Å². The van der Waals surface area contributed by atoms with E-state index in [4.69, 9.17) is 6.42 Å². The van der Waals surface area contributed by atoms with E-state index in [1.807, 2.05) is 33.7 Å². The predicted molar refractivity (Wildman–Crippen MR) is 116 cm³/mol. The molecule has 2 unspecified atom stereocenters. The van der Waals surface area contributed by atoms with Gasteiger partial charge in [-0.25, -0.2) is 0 Å². The molecule has 0 N–H and O–H groups in total. The Morgan fingerprint density at radius 2 is 1.96 bits per heavy atom. The monoisotopic (exact) mass is 415 g/mol. The molecule has 3 rings (SSSR count). The molecule has 0 bridgehead atoms. The standard InChI is InChI=1S/C21H25N3O2S2/c1-4-9-24-17-7-5-6-8-18(17)28-21(24)22-19(25)13-27-14-20(26)23-11-15(2)10-16(3)12-23/h1,5-8,15-16H,9-14H2,2-3H3. The molecule has 7 heteroatoms. The Balaban J connectivity index is 1.61. The van der Waals surface area contributed by atoms with Crippen LogP contribution in [0.2, 0.25) is 0 Å². The van der Waals surface area contributed by atoms with E-state index in [0.29, 0.717) is 28.9 Å². The molecule has 1 saturated heterocycles. The lowest BCUT2D eigenvalue weighted by atomic mass is 9.92. The van der Waals surface area contributed by atoms with Gasteiger partial charge in [0.15, 0.2) is 4.80 Å². The molecule has 5 nitrogen and oxygen atoms in total. The van der Waals surface area contributed by atoms with Crippen molar-refractivity contribution in [3.63, 3.8) is 0 Å². The molecule has 2 aromatic rings. The first kappa shape index (κ1) is 20.7. The second-order valence-corrected chi connectivity index (χ2v) is 9.38. The van der Waals surface area contributed by atoms with Crippen LogP contribution in [0.5, 0.6) is 0 Å². The van der Waals surface area contributed by atoms with Crippen molar-refractivity contribution in [2.45, 2.75) is 26.8 Å². The summed E-state index contributed by atoms with van der Waals surface area (Å²) in [7, 11) is 0. The van der Waals surface area contributed by atoms with Gasteiger partial charge in [-0.3, -0.25) is 9.59 Å². The number of hydrogen-bond donors (Lipinski definition) is 0. The van der Waals surface area contributed by atoms with Gasteiger partial charge in [0, 0.05) is 13.1 Å². The van der Waals surface area contributed by atoms with Crippen LogP contribution < -0.4 is 4.80 Å². The molecule has 0 spiro atoms. The van der Waals surface area contributed by atoms with E-state index >= 15 is 0 Å². The molecular weight excluding hydrogens is 390 g/mol. The molecule has 0 saturated carbocycles. The highest BCUT2D eigenvalue weighted by molar-refractivity contribution is 8.00. The Hall–Kier alpha value is -2.04. The number of carbonyl (C=O) groups excluding carboxylic acids is 2. The Bertz CT molecular complexity index is 960. The lowest BCUT2D eigenvalue weighted by Crippen LogP contribution is -2.43. The number of thiazole rings is 1. The fraction of sp³-hybridized carbons (Fsp3) is 0.476. The van der Waals surface area contributed by atoms with Gasteiger partial charge in [-0.2, -0.15) is 4.99 Å². The van der Waals surface area contributed by atoms with Crippen molar-refractivity contribution >= 4 is 45.1 Å². The minimum atomic E-state index is -0.240. The largest absolute Gasteiger partial charge is 0.341 e. The van der Waals surface area contributed by atoms with Crippen molar-refractivity contribution in [2.24, 2.45) is 16.8 Å². The first-order chi connectivity index (χ1) is 13.5. The number of fused-ring (bicyclic) bond motifs is 1. The van der Waals surface area contributed by atoms with Crippen LogP contribution in [-0.4, -0.2) is 45.9 Å². The quantitative estimate of drug-likeness (QED) is 0.706. The van der Waals surface area contributed by atoms with Crippen molar-refractivity contribution in [1.82, 2.24) is 9.47 Å². The van der Waals surface area contributed by atoms with Crippen LogP contribution in [0.1, 0.15) is 20.3 Å². The van der Waals surface area contributed by atoms with Crippen LogP contribution >= 0.6 is 23.1 Å². The van der Waals surface area contributed by atoms with Gasteiger partial charge in [-0.1, -0.05) is 43.2 Å². The average molecular weight is 416 g/mol. The lowest BCUT2D eigenvalue weighted by Gasteiger charge is -2.35. The van der Waals surface area contributed by atoms with E-state index in [1.165, 1.54) is 29.5 Å². The number of likely N-dealkylation sites (tertiary alicyclic amines) is 1. The molecular formula is C21H25N3O2S2. The van der Waals surface area contributed by atoms with Crippen molar-refractivity contribution in [1.29, 1.82) is 0 Å². The van der Waals surface area contributed by atoms with Crippen molar-refractivity contribution < 1.29 is 9.59 Å². The Kier molecular flexibility index (Phi) is 6.97. The number of carbonyl (C=O) groups is 2. The number of benzene rings is 1. The van der Waals surface area contributed by atoms with Crippen molar-refractivity contribution in [3.8, 4) is 12.3 Å². The number of hydrogen-bond acceptors (Lipinski definition) is 4. The number of nitrogens with zero attached hydrogens (tertiary/aromatic N) is 3. The van der Waals surface area contributed by atoms with E-state index in [0.717, 1.165) is 23.3 Å². The molecule has 2 heterocycles. The highest BCUT2D eigenvalue weighted by atomic mass is 32.2. The van der Waals surface area contributed by atoms with Crippen LogP contribution in [0, 0.1) is 24.2 Å². The van der Waals surface area contributed by atoms with Gasteiger partial charge >= 0.3 is 0 Å². The van der Waals surface area contributed by atoms with E-state index in [1.54, 1.807) is 0 Å². The highest BCUT2D eigenvalue weighted by Crippen LogP contribution is 2.21. The fourth-order valence-corrected chi connectivity index (χ4v) is 5.42. The number of terminal acetylenes is 1. The highest BCUT2D eigenvalue weighted by Gasteiger charge is 2.25. The SMILES string of the molecule is C#CCn1c(=NC(=O)CSCC(=O)N2CC(C)CC(C)C2)sc2ccccc21. The maximum Gasteiger partial charge on any atom is 0.258 e. The number of para-hydroxylation sites is 1. The molecule has 1 aliphatic heterocycles. The number of aromatic nitrogens is 1. The molecule has 148 valence electrons. The second-order valence-electron chi connectivity index (χ2n) is 7.39. The minimum absolute atomic E-state index is 0.112. The molecule has 0 radical (unpaired) electrons. The van der Waals surface area contributed by atoms with Gasteiger partial charge in [0.05, 0.1) is 28.3 Å². The summed E-state index contributed by atoms with van der Waals surface area (Å²) in [6.45, 7) is 6.36. The average Bonchev–Trinajstić information content (AvgIpc) is 2.98. The molecule has 2 amide bonds. The third-order valence-corrected chi connectivity index (χ3v) is 6.69. The van der Waals surface area contributed by atoms with Crippen LogP contribution in [-0.2, 0) is 16.1 Å². The van der Waals surface area contributed by atoms with E-state index < -0.39 is 0 Å². The van der Waals surface area contributed by atoms with Crippen molar-refractivity contribution in [3.05, 3.63) is 29.1 Å². The Morgan fingerprint density at radius 3 is 2.68 bits per heavy atom. The van der Waals surface area contributed by atoms with Gasteiger partial charge in [-0.05, 0) is 30.4 Å². The van der Waals surface area contributed by atoms with Gasteiger partial charge < -0.3 is 9.47 Å². The number of amides is 2. The van der Waals surface area contributed by atoms with E-state index in [2.05, 4.69) is 24.8 Å². The number of thioether (sulfide) groups is 1. The molecule has 1 aromatic carbocycles. The van der Waals surface area contributed by atoms with Crippen LogP contribution in [0.15, 0.2) is 29.3 Å². The summed E-state index contributed by atoms with van der Waals surface area (Å²) in [5.41, 5.74) is 0.980. The summed E-state index contributed by atoms with van der Waals surface area (Å²) in [4.78, 5) is 31.5. The molecule has 1 aromatic heterocycles. The summed E-state index contributed by atoms with van der Waals surface area (Å²) < 4.78 is 2.92. The normalized spacial score (nSPS) is 20.3. The third-order valence-electron chi connectivity index (χ3n) is 4.73. The first-order valence-corrected chi connectivity index (χ1v) is 11.4. The lowest BCUT2D eigenvalue weighted by molar-refractivity contribution is -0.130. The fourth-order valence-electron chi connectivity index (χ4n) is 3.67. The van der Waals surface area contributed by atoms with Crippen molar-refractivity contribution in [2.75, 3.05) is 24.6 Å². The molecule has 28 heavy (non-hydrogen) atoms. The van der Waals surface area contributed by atoms with Gasteiger partial charge in [0.25, 0.3) is 5.91 Å². The summed E-state index contributed by atoms with van der Waals surface area (Å²) in [5, 5.41) is 0. The maximum atomic E-state index is 12.4. The topological polar surface area (TPSA) is 54.7 Å². The molecule has 2 atom stereocenters. The van der Waals surface area contributed by atoms with Crippen LogP contribution in [0.25, 0.3) is 10.2 Å². The summed E-state index contributed by atoms with van der Waals surface area (Å²) >= 11 is 2.78. The third kappa shape index (κ3) is 5.06. The molecule has 1 aliphatic rings. The van der Waals surface area contributed by atoms with Gasteiger partial charge in [0.1, 0.15) is 0 Å². The predicted octanol–water partition coefficient (Wildman–Crippen LogP) is 3.00. The van der Waals surface area contributed by atoms with Crippen LogP contribution in [0.3, 0.4) is 0 Å². The Morgan fingerprint density at radius 1 is 1.25 bits per heavy atom. The summed E-state index contributed by atoms with van der Waals surface area (Å²) in [6.07, 6.45) is 6.64. The van der Waals surface area contributed by atoms with E-state index in [9.17, 15) is 9.59 Å². The van der Waals surface area contributed by atoms with Crippen LogP contribution in [0.4, 0.5) is 0 Å². The number of rotatable bonds is 5. The number of piperidine rings is 1. The minimum Gasteiger partial charge on any atom is -0.341 e. The smallest absolute Gasteiger partial charge is 0.258 e. The molecule has 1 fully saturated rings. The second kappa shape index (κ2) is 9.44. The van der Waals surface area contributed by atoms with Gasteiger partial charge in [0.2, 0.25) is 5.91 Å². The maximum absolute atomic E-state index is 12.4. The Labute approximate surface area is 173 Å². The molecule has 0 aliphatic carbocycles. The summed E-state index contributed by atoms with van der Waals surface area (Å²) in [5.74, 6) is 4.07. The first-order valence-electron chi connectivity index (χ1n) is 9.42. The zero-order valence-corrected chi connectivity index (χ0v) is 17.9. The summed E-state index contributed by atoms with van der Waals surface area (Å²) in [6, 6.07) is 7.86.